The summed E-state index contributed by atoms with van der Waals surface area (Å²) < 4.78 is 0. The Morgan fingerprint density at radius 2 is 2.00 bits per heavy atom. The van der Waals surface area contributed by atoms with E-state index in [4.69, 9.17) is 5.11 Å². The van der Waals surface area contributed by atoms with Gasteiger partial charge in [-0.05, 0) is 31.6 Å². The number of benzene rings is 1. The lowest BCUT2D eigenvalue weighted by molar-refractivity contribution is -0.138. The molecule has 0 amide bonds. The first-order valence-electron chi connectivity index (χ1n) is 5.52. The molecule has 88 valence electrons. The van der Waals surface area contributed by atoms with Gasteiger partial charge < -0.3 is 10.0 Å². The van der Waals surface area contributed by atoms with Crippen molar-refractivity contribution in [3.05, 3.63) is 35.4 Å². The number of aliphatic carboxylic acids is 1. The molecule has 0 aliphatic carbocycles. The molecule has 16 heavy (non-hydrogen) atoms. The van der Waals surface area contributed by atoms with Crippen LogP contribution < -0.4 is 0 Å². The molecule has 0 fully saturated rings. The van der Waals surface area contributed by atoms with Gasteiger partial charge in [0.1, 0.15) is 0 Å². The fraction of sp³-hybridized carbons (Fsp3) is 0.462. The number of aryl methyl sites for hydroxylation is 1. The van der Waals surface area contributed by atoms with E-state index in [1.54, 1.807) is 0 Å². The highest BCUT2D eigenvalue weighted by Crippen LogP contribution is 2.25. The normalized spacial score (nSPS) is 12.8. The molecule has 1 unspecified atom stereocenters. The monoisotopic (exact) mass is 221 g/mol. The number of carboxylic acids is 1. The summed E-state index contributed by atoms with van der Waals surface area (Å²) in [6.07, 6.45) is 1.07. The SMILES string of the molecule is CCc1ccccc1C(CC(=O)O)N(C)C. The highest BCUT2D eigenvalue weighted by atomic mass is 16.4. The van der Waals surface area contributed by atoms with Gasteiger partial charge >= 0.3 is 5.97 Å². The zero-order valence-electron chi connectivity index (χ0n) is 10.1. The second-order valence-corrected chi connectivity index (χ2v) is 4.13. The number of hydrogen-bond donors (Lipinski definition) is 1. The molecule has 0 bridgehead atoms. The smallest absolute Gasteiger partial charge is 0.305 e. The van der Waals surface area contributed by atoms with E-state index in [1.165, 1.54) is 5.56 Å². The van der Waals surface area contributed by atoms with E-state index in [2.05, 4.69) is 13.0 Å². The van der Waals surface area contributed by atoms with Crippen molar-refractivity contribution >= 4 is 5.97 Å². The van der Waals surface area contributed by atoms with E-state index < -0.39 is 5.97 Å². The average molecular weight is 221 g/mol. The van der Waals surface area contributed by atoms with Crippen LogP contribution in [0.4, 0.5) is 0 Å². The van der Waals surface area contributed by atoms with E-state index >= 15 is 0 Å². The summed E-state index contributed by atoms with van der Waals surface area (Å²) in [7, 11) is 3.83. The lowest BCUT2D eigenvalue weighted by Crippen LogP contribution is -2.23. The maximum atomic E-state index is 10.9. The molecular formula is C13H19NO2. The number of hydrogen-bond acceptors (Lipinski definition) is 2. The van der Waals surface area contributed by atoms with Gasteiger partial charge in [0.15, 0.2) is 0 Å². The summed E-state index contributed by atoms with van der Waals surface area (Å²) in [6, 6.07) is 8.00. The predicted octanol–water partition coefficient (Wildman–Crippen LogP) is 2.33. The molecule has 1 atom stereocenters. The van der Waals surface area contributed by atoms with Crippen LogP contribution in [-0.2, 0) is 11.2 Å². The molecule has 1 aromatic carbocycles. The molecule has 0 aliphatic heterocycles. The molecule has 0 aromatic heterocycles. The molecule has 0 heterocycles. The third-order valence-electron chi connectivity index (χ3n) is 2.79. The van der Waals surface area contributed by atoms with Crippen molar-refractivity contribution in [2.45, 2.75) is 25.8 Å². The average Bonchev–Trinajstić information content (AvgIpc) is 2.25. The van der Waals surface area contributed by atoms with Gasteiger partial charge in [0.2, 0.25) is 0 Å². The van der Waals surface area contributed by atoms with Crippen LogP contribution in [0, 0.1) is 0 Å². The first kappa shape index (κ1) is 12.7. The number of nitrogens with zero attached hydrogens (tertiary/aromatic N) is 1. The Bertz CT molecular complexity index is 361. The van der Waals surface area contributed by atoms with Crippen molar-refractivity contribution in [3.63, 3.8) is 0 Å². The summed E-state index contributed by atoms with van der Waals surface area (Å²) in [6.45, 7) is 2.09. The van der Waals surface area contributed by atoms with Crippen LogP contribution in [0.15, 0.2) is 24.3 Å². The van der Waals surface area contributed by atoms with Crippen molar-refractivity contribution in [2.75, 3.05) is 14.1 Å². The molecule has 1 aromatic rings. The lowest BCUT2D eigenvalue weighted by atomic mass is 9.96. The van der Waals surface area contributed by atoms with Crippen LogP contribution in [0.5, 0.6) is 0 Å². The van der Waals surface area contributed by atoms with Crippen LogP contribution in [-0.4, -0.2) is 30.1 Å². The Balaban J connectivity index is 3.05. The minimum absolute atomic E-state index is 0.0475. The summed E-state index contributed by atoms with van der Waals surface area (Å²) in [5.74, 6) is -0.760. The van der Waals surface area contributed by atoms with E-state index in [-0.39, 0.29) is 12.5 Å². The molecular weight excluding hydrogens is 202 g/mol. The zero-order chi connectivity index (χ0) is 12.1. The van der Waals surface area contributed by atoms with E-state index in [0.717, 1.165) is 12.0 Å². The fourth-order valence-corrected chi connectivity index (χ4v) is 1.92. The molecule has 0 radical (unpaired) electrons. The molecule has 0 spiro atoms. The topological polar surface area (TPSA) is 40.5 Å². The maximum absolute atomic E-state index is 10.9. The first-order chi connectivity index (χ1) is 7.56. The van der Waals surface area contributed by atoms with Gasteiger partial charge in [-0.2, -0.15) is 0 Å². The maximum Gasteiger partial charge on any atom is 0.305 e. The third kappa shape index (κ3) is 3.07. The summed E-state index contributed by atoms with van der Waals surface area (Å²) in [5, 5.41) is 8.93. The Morgan fingerprint density at radius 3 is 2.50 bits per heavy atom. The highest BCUT2D eigenvalue weighted by molar-refractivity contribution is 5.68. The minimum Gasteiger partial charge on any atom is -0.481 e. The Kier molecular flexibility index (Phi) is 4.50. The van der Waals surface area contributed by atoms with Crippen molar-refractivity contribution in [2.24, 2.45) is 0 Å². The molecule has 0 saturated carbocycles. The van der Waals surface area contributed by atoms with E-state index in [1.807, 2.05) is 37.2 Å². The fourth-order valence-electron chi connectivity index (χ4n) is 1.92. The standard InChI is InChI=1S/C13H19NO2/c1-4-10-7-5-6-8-11(10)12(14(2)3)9-13(15)16/h5-8,12H,4,9H2,1-3H3,(H,15,16). The quantitative estimate of drug-likeness (QED) is 0.829. The summed E-state index contributed by atoms with van der Waals surface area (Å²) in [4.78, 5) is 12.8. The largest absolute Gasteiger partial charge is 0.481 e. The van der Waals surface area contributed by atoms with Crippen molar-refractivity contribution < 1.29 is 9.90 Å². The van der Waals surface area contributed by atoms with Crippen LogP contribution in [0.1, 0.15) is 30.5 Å². The van der Waals surface area contributed by atoms with Crippen LogP contribution in [0.3, 0.4) is 0 Å². The Morgan fingerprint density at radius 1 is 1.38 bits per heavy atom. The van der Waals surface area contributed by atoms with Gasteiger partial charge in [0.25, 0.3) is 0 Å². The predicted molar refractivity (Wildman–Crippen MR) is 64.5 cm³/mol. The zero-order valence-corrected chi connectivity index (χ0v) is 10.1. The lowest BCUT2D eigenvalue weighted by Gasteiger charge is -2.25. The number of carboxylic acid groups (broad SMARTS) is 1. The summed E-state index contributed by atoms with van der Waals surface area (Å²) in [5.41, 5.74) is 2.35. The minimum atomic E-state index is -0.760. The number of rotatable bonds is 5. The van der Waals surface area contributed by atoms with Crippen molar-refractivity contribution in [1.29, 1.82) is 0 Å². The first-order valence-corrected chi connectivity index (χ1v) is 5.52. The van der Waals surface area contributed by atoms with Crippen molar-refractivity contribution in [3.8, 4) is 0 Å². The van der Waals surface area contributed by atoms with Gasteiger partial charge in [-0.15, -0.1) is 0 Å². The molecule has 3 heteroatoms. The highest BCUT2D eigenvalue weighted by Gasteiger charge is 2.19. The van der Waals surface area contributed by atoms with Gasteiger partial charge in [-0.25, -0.2) is 0 Å². The van der Waals surface area contributed by atoms with Crippen molar-refractivity contribution in [1.82, 2.24) is 4.90 Å². The van der Waals surface area contributed by atoms with Gasteiger partial charge in [-0.3, -0.25) is 4.79 Å². The van der Waals surface area contributed by atoms with E-state index in [9.17, 15) is 4.79 Å². The van der Waals surface area contributed by atoms with Gasteiger partial charge in [-0.1, -0.05) is 31.2 Å². The Hall–Kier alpha value is -1.35. The van der Waals surface area contributed by atoms with Gasteiger partial charge in [0.05, 0.1) is 6.42 Å². The van der Waals surface area contributed by atoms with Gasteiger partial charge in [0, 0.05) is 6.04 Å². The summed E-state index contributed by atoms with van der Waals surface area (Å²) >= 11 is 0. The van der Waals surface area contributed by atoms with Crippen LogP contribution in [0.2, 0.25) is 0 Å². The molecule has 0 aliphatic rings. The molecule has 1 N–H and O–H groups in total. The second kappa shape index (κ2) is 5.66. The van der Waals surface area contributed by atoms with Crippen LogP contribution >= 0.6 is 0 Å². The molecule has 3 nitrogen and oxygen atoms in total. The molecule has 0 saturated heterocycles. The third-order valence-corrected chi connectivity index (χ3v) is 2.79. The van der Waals surface area contributed by atoms with E-state index in [0.29, 0.717) is 0 Å². The van der Waals surface area contributed by atoms with Crippen LogP contribution in [0.25, 0.3) is 0 Å². The number of carbonyl (C=O) groups is 1. The Labute approximate surface area is 96.7 Å². The molecule has 1 rings (SSSR count). The second-order valence-electron chi connectivity index (χ2n) is 4.13.